The molecule has 8 nitrogen and oxygen atoms in total. The van der Waals surface area contributed by atoms with E-state index >= 15 is 0 Å². The van der Waals surface area contributed by atoms with Gasteiger partial charge in [0.2, 0.25) is 5.91 Å². The molecule has 0 spiro atoms. The molecule has 0 bridgehead atoms. The minimum atomic E-state index is -3.62. The molecule has 31 heavy (non-hydrogen) atoms. The summed E-state index contributed by atoms with van der Waals surface area (Å²) in [5.41, 5.74) is 0.524. The van der Waals surface area contributed by atoms with Gasteiger partial charge in [-0.25, -0.2) is 8.42 Å². The van der Waals surface area contributed by atoms with Gasteiger partial charge in [-0.2, -0.15) is 0 Å². The van der Waals surface area contributed by atoms with E-state index in [0.717, 1.165) is 52.0 Å². The van der Waals surface area contributed by atoms with E-state index in [1.807, 2.05) is 13.8 Å². The second-order valence-electron chi connectivity index (χ2n) is 8.55. The number of amidine groups is 1. The molecule has 1 aromatic carbocycles. The van der Waals surface area contributed by atoms with Crippen LogP contribution in [0.25, 0.3) is 0 Å². The van der Waals surface area contributed by atoms with Crippen molar-refractivity contribution in [2.75, 3.05) is 46.3 Å². The average molecular weight is 450 g/mol. The number of unbranched alkanes of at least 4 members (excludes halogenated alkanes) is 1. The van der Waals surface area contributed by atoms with Crippen LogP contribution < -0.4 is 10.0 Å². The molecule has 0 saturated carbocycles. The number of piperazine rings is 1. The predicted octanol–water partition coefficient (Wildman–Crippen LogP) is 1.28. The number of fused-ring (bicyclic) bond motifs is 1. The van der Waals surface area contributed by atoms with E-state index in [1.165, 1.54) is 0 Å². The van der Waals surface area contributed by atoms with Crippen LogP contribution >= 0.6 is 0 Å². The summed E-state index contributed by atoms with van der Waals surface area (Å²) in [6.07, 6.45) is 2.73. The third kappa shape index (κ3) is 6.05. The van der Waals surface area contributed by atoms with Crippen molar-refractivity contribution in [3.63, 3.8) is 0 Å². The minimum Gasteiger partial charge on any atom is -0.354 e. The molecule has 2 aliphatic heterocycles. The zero-order valence-electron chi connectivity index (χ0n) is 18.8. The summed E-state index contributed by atoms with van der Waals surface area (Å²) >= 11 is 0. The van der Waals surface area contributed by atoms with E-state index in [4.69, 9.17) is 0 Å². The van der Waals surface area contributed by atoms with Crippen LogP contribution in [0.2, 0.25) is 0 Å². The lowest BCUT2D eigenvalue weighted by atomic mass is 9.98. The molecule has 9 heteroatoms. The van der Waals surface area contributed by atoms with Gasteiger partial charge in [-0.15, -0.1) is 0 Å². The van der Waals surface area contributed by atoms with E-state index in [9.17, 15) is 13.2 Å². The number of hydrogen-bond acceptors (Lipinski definition) is 6. The van der Waals surface area contributed by atoms with Crippen LogP contribution in [0.1, 0.15) is 38.7 Å². The first-order valence-electron chi connectivity index (χ1n) is 11.2. The van der Waals surface area contributed by atoms with Crippen LogP contribution in [0, 0.1) is 5.92 Å². The number of benzene rings is 1. The summed E-state index contributed by atoms with van der Waals surface area (Å²) in [7, 11) is -1.47. The van der Waals surface area contributed by atoms with Crippen molar-refractivity contribution in [3.8, 4) is 0 Å². The lowest BCUT2D eigenvalue weighted by Crippen LogP contribution is -2.44. The predicted molar refractivity (Wildman–Crippen MR) is 123 cm³/mol. The van der Waals surface area contributed by atoms with Gasteiger partial charge in [-0.1, -0.05) is 32.4 Å². The Labute approximate surface area is 186 Å². The molecule has 172 valence electrons. The highest BCUT2D eigenvalue weighted by atomic mass is 32.2. The third-order valence-corrected chi connectivity index (χ3v) is 7.58. The number of carbonyl (C=O) groups is 1. The number of amides is 1. The van der Waals surface area contributed by atoms with E-state index in [0.29, 0.717) is 12.1 Å². The number of hydrogen-bond donors (Lipinski definition) is 2. The second-order valence-corrected chi connectivity index (χ2v) is 10.2. The summed E-state index contributed by atoms with van der Waals surface area (Å²) < 4.78 is 27.2. The SMILES string of the molecule is CC[C@H](C)[C@H](N=C1NS(=O)(=O)c2ccccc21)C(=O)NCCCCN1CCN(C)CC1. The number of nitrogens with one attached hydrogen (secondary N) is 2. The lowest BCUT2D eigenvalue weighted by molar-refractivity contribution is -0.123. The Hall–Kier alpha value is -1.97. The summed E-state index contributed by atoms with van der Waals surface area (Å²) in [5, 5.41) is 3.01. The monoisotopic (exact) mass is 449 g/mol. The number of aliphatic imine (C=N–C) groups is 1. The standard InChI is InChI=1S/C22H35N5O3S/c1-4-17(2)20(24-21-18-9-5-6-10-19(18)31(29,30)25-21)22(28)23-11-7-8-12-27-15-13-26(3)14-16-27/h5-6,9-10,17,20H,4,7-8,11-16H2,1-3H3,(H,23,28)(H,24,25)/t17-,20-/m0/s1. The van der Waals surface area contributed by atoms with Crippen molar-refractivity contribution in [1.29, 1.82) is 0 Å². The van der Waals surface area contributed by atoms with E-state index < -0.39 is 16.1 Å². The lowest BCUT2D eigenvalue weighted by Gasteiger charge is -2.32. The van der Waals surface area contributed by atoms with Crippen LogP contribution in [-0.4, -0.2) is 82.3 Å². The van der Waals surface area contributed by atoms with Crippen molar-refractivity contribution >= 4 is 21.8 Å². The van der Waals surface area contributed by atoms with Crippen molar-refractivity contribution in [2.45, 2.75) is 44.0 Å². The molecular weight excluding hydrogens is 414 g/mol. The summed E-state index contributed by atoms with van der Waals surface area (Å²) in [4.78, 5) is 22.5. The number of carbonyl (C=O) groups excluding carboxylic acids is 1. The minimum absolute atomic E-state index is 0.00453. The van der Waals surface area contributed by atoms with Gasteiger partial charge in [0.05, 0.1) is 4.90 Å². The van der Waals surface area contributed by atoms with Gasteiger partial charge in [0, 0.05) is 38.3 Å². The van der Waals surface area contributed by atoms with Gasteiger partial charge < -0.3 is 15.1 Å². The Kier molecular flexibility index (Phi) is 8.07. The van der Waals surface area contributed by atoms with Crippen LogP contribution in [0.15, 0.2) is 34.2 Å². The van der Waals surface area contributed by atoms with Crippen molar-refractivity contribution in [2.24, 2.45) is 10.9 Å². The van der Waals surface area contributed by atoms with E-state index in [2.05, 4.69) is 31.9 Å². The molecule has 1 amide bonds. The van der Waals surface area contributed by atoms with Gasteiger partial charge in [-0.3, -0.25) is 14.5 Å². The van der Waals surface area contributed by atoms with Crippen LogP contribution in [0.5, 0.6) is 0 Å². The van der Waals surface area contributed by atoms with Crippen LogP contribution in [-0.2, 0) is 14.8 Å². The Bertz CT molecular complexity index is 894. The topological polar surface area (TPSA) is 94.1 Å². The molecule has 2 N–H and O–H groups in total. The number of likely N-dealkylation sites (N-methyl/N-ethyl adjacent to an activating group) is 1. The first-order chi connectivity index (χ1) is 14.8. The molecule has 0 radical (unpaired) electrons. The quantitative estimate of drug-likeness (QED) is 0.554. The Morgan fingerprint density at radius 1 is 1.19 bits per heavy atom. The summed E-state index contributed by atoms with van der Waals surface area (Å²) in [6, 6.07) is 6.10. The molecule has 0 aliphatic carbocycles. The molecule has 2 atom stereocenters. The molecule has 1 fully saturated rings. The molecule has 1 saturated heterocycles. The molecule has 3 rings (SSSR count). The smallest absolute Gasteiger partial charge is 0.263 e. The van der Waals surface area contributed by atoms with E-state index in [1.54, 1.807) is 24.3 Å². The fourth-order valence-corrected chi connectivity index (χ4v) is 5.12. The highest BCUT2D eigenvalue weighted by Crippen LogP contribution is 2.24. The first kappa shape index (κ1) is 23.7. The van der Waals surface area contributed by atoms with Crippen LogP contribution in [0.3, 0.4) is 0 Å². The maximum atomic E-state index is 12.9. The van der Waals surface area contributed by atoms with Gasteiger partial charge in [0.25, 0.3) is 10.0 Å². The molecule has 1 aromatic rings. The fourth-order valence-electron chi connectivity index (χ4n) is 3.88. The third-order valence-electron chi connectivity index (χ3n) is 6.18. The number of nitrogens with zero attached hydrogens (tertiary/aromatic N) is 3. The zero-order valence-corrected chi connectivity index (χ0v) is 19.6. The highest BCUT2D eigenvalue weighted by Gasteiger charge is 2.33. The van der Waals surface area contributed by atoms with Crippen molar-refractivity contribution in [3.05, 3.63) is 29.8 Å². The first-order valence-corrected chi connectivity index (χ1v) is 12.7. The number of rotatable bonds is 9. The molecule has 0 aromatic heterocycles. The van der Waals surface area contributed by atoms with Crippen molar-refractivity contribution < 1.29 is 13.2 Å². The summed E-state index contributed by atoms with van der Waals surface area (Å²) in [6.45, 7) is 10.1. The van der Waals surface area contributed by atoms with Gasteiger partial charge >= 0.3 is 0 Å². The van der Waals surface area contributed by atoms with Crippen molar-refractivity contribution in [1.82, 2.24) is 19.8 Å². The largest absolute Gasteiger partial charge is 0.354 e. The maximum Gasteiger partial charge on any atom is 0.263 e. The van der Waals surface area contributed by atoms with Gasteiger partial charge in [0.15, 0.2) is 0 Å². The highest BCUT2D eigenvalue weighted by molar-refractivity contribution is 7.90. The number of sulfonamides is 1. The molecular formula is C22H35N5O3S. The van der Waals surface area contributed by atoms with Gasteiger partial charge in [0.1, 0.15) is 11.9 Å². The zero-order chi connectivity index (χ0) is 22.4. The van der Waals surface area contributed by atoms with E-state index in [-0.39, 0.29) is 22.6 Å². The maximum absolute atomic E-state index is 12.9. The van der Waals surface area contributed by atoms with Crippen LogP contribution in [0.4, 0.5) is 0 Å². The Morgan fingerprint density at radius 2 is 1.90 bits per heavy atom. The Morgan fingerprint density at radius 3 is 2.61 bits per heavy atom. The Balaban J connectivity index is 1.56. The fraction of sp³-hybridized carbons (Fsp3) is 0.636. The normalized spacial score (nSPS) is 22.0. The van der Waals surface area contributed by atoms with Gasteiger partial charge in [-0.05, 0) is 44.5 Å². The average Bonchev–Trinajstić information content (AvgIpc) is 3.02. The molecule has 2 aliphatic rings. The molecule has 0 unspecified atom stereocenters. The second kappa shape index (κ2) is 10.6. The molecule has 2 heterocycles. The summed E-state index contributed by atoms with van der Waals surface area (Å²) in [5.74, 6) is 0.103.